The third-order valence-electron chi connectivity index (χ3n) is 6.42. The molecule has 3 aromatic heterocycles. The molecule has 1 aliphatic carbocycles. The van der Waals surface area contributed by atoms with E-state index in [1.165, 1.54) is 11.3 Å². The normalized spacial score (nSPS) is 13.7. The molecule has 0 bridgehead atoms. The van der Waals surface area contributed by atoms with Crippen molar-refractivity contribution in [2.75, 3.05) is 11.9 Å². The van der Waals surface area contributed by atoms with Crippen molar-refractivity contribution in [3.05, 3.63) is 77.7 Å². The lowest BCUT2D eigenvalue weighted by Gasteiger charge is -2.12. The number of aromatic nitrogens is 3. The van der Waals surface area contributed by atoms with Crippen LogP contribution in [0.4, 0.5) is 5.13 Å². The number of thiazole rings is 1. The van der Waals surface area contributed by atoms with E-state index in [4.69, 9.17) is 0 Å². The number of pyridine rings is 1. The van der Waals surface area contributed by atoms with Gasteiger partial charge in [0.25, 0.3) is 5.91 Å². The van der Waals surface area contributed by atoms with Gasteiger partial charge in [-0.3, -0.25) is 19.4 Å². The summed E-state index contributed by atoms with van der Waals surface area (Å²) in [6.45, 7) is 1.49. The van der Waals surface area contributed by atoms with Crippen LogP contribution in [0.15, 0.2) is 66.4 Å². The highest BCUT2D eigenvalue weighted by Crippen LogP contribution is 2.48. The summed E-state index contributed by atoms with van der Waals surface area (Å²) in [6.07, 6.45) is 6.91. The average molecular weight is 500 g/mol. The van der Waals surface area contributed by atoms with Gasteiger partial charge in [0.1, 0.15) is 5.78 Å². The number of benzene rings is 1. The van der Waals surface area contributed by atoms with Crippen molar-refractivity contribution in [3.63, 3.8) is 0 Å². The first kappa shape index (κ1) is 23.6. The van der Waals surface area contributed by atoms with Crippen LogP contribution < -0.4 is 10.6 Å². The second kappa shape index (κ2) is 9.50. The molecular formula is C27H25N5O3S. The lowest BCUT2D eigenvalue weighted by atomic mass is 9.94. The van der Waals surface area contributed by atoms with Crippen LogP contribution in [0, 0.1) is 0 Å². The summed E-state index contributed by atoms with van der Waals surface area (Å²) in [5.41, 5.74) is 4.54. The van der Waals surface area contributed by atoms with Crippen LogP contribution in [-0.4, -0.2) is 38.7 Å². The number of hydrogen-bond acceptors (Lipinski definition) is 6. The van der Waals surface area contributed by atoms with Gasteiger partial charge in [-0.15, -0.1) is 11.3 Å². The molecule has 1 aromatic carbocycles. The fraction of sp³-hybridized carbons (Fsp3) is 0.222. The number of Topliss-reactive ketones (excluding diaryl/α,β-unsaturated/α-hetero) is 1. The number of amides is 2. The van der Waals surface area contributed by atoms with Crippen molar-refractivity contribution in [1.82, 2.24) is 19.9 Å². The first-order chi connectivity index (χ1) is 17.3. The summed E-state index contributed by atoms with van der Waals surface area (Å²) in [5.74, 6) is -0.493. The Kier molecular flexibility index (Phi) is 6.24. The second-order valence-electron chi connectivity index (χ2n) is 8.98. The van der Waals surface area contributed by atoms with Crippen molar-refractivity contribution < 1.29 is 14.4 Å². The zero-order valence-corrected chi connectivity index (χ0v) is 20.8. The second-order valence-corrected chi connectivity index (χ2v) is 9.84. The Hall–Kier alpha value is -4.11. The fourth-order valence-electron chi connectivity index (χ4n) is 4.17. The van der Waals surface area contributed by atoms with E-state index >= 15 is 0 Å². The lowest BCUT2D eigenvalue weighted by molar-refractivity contribution is -0.119. The third kappa shape index (κ3) is 4.83. The molecule has 1 aliphatic rings. The Morgan fingerprint density at radius 2 is 1.86 bits per heavy atom. The van der Waals surface area contributed by atoms with Crippen LogP contribution in [0.5, 0.6) is 0 Å². The molecule has 3 heterocycles. The van der Waals surface area contributed by atoms with Crippen LogP contribution in [0.1, 0.15) is 35.8 Å². The number of carbonyl (C=O) groups is 3. The summed E-state index contributed by atoms with van der Waals surface area (Å²) in [5, 5.41) is 7.68. The molecule has 0 saturated heterocycles. The minimum absolute atomic E-state index is 0.149. The van der Waals surface area contributed by atoms with Gasteiger partial charge >= 0.3 is 0 Å². The maximum Gasteiger partial charge on any atom is 0.253 e. The van der Waals surface area contributed by atoms with Gasteiger partial charge in [0.15, 0.2) is 5.13 Å². The summed E-state index contributed by atoms with van der Waals surface area (Å²) in [7, 11) is 1.82. The highest BCUT2D eigenvalue weighted by atomic mass is 32.1. The molecule has 4 aromatic rings. The smallest absolute Gasteiger partial charge is 0.253 e. The first-order valence-electron chi connectivity index (χ1n) is 11.6. The maximum atomic E-state index is 12.3. The standard InChI is InChI=1S/C27H25N5O3S/c1-17(33)27(8-9-27)23-13-19(6-10-28-23)18-4-3-5-20(12-18)22-16-36-26(30-22)31-24(34)14-29-25(35)21-7-11-32(2)15-21/h3-7,10-13,15-16H,8-9,14H2,1-2H3,(H,29,35)(H,30,31,34). The predicted molar refractivity (Wildman–Crippen MR) is 139 cm³/mol. The molecule has 0 spiro atoms. The number of carbonyl (C=O) groups excluding carboxylic acids is 3. The van der Waals surface area contributed by atoms with Crippen LogP contribution in [0.2, 0.25) is 0 Å². The summed E-state index contributed by atoms with van der Waals surface area (Å²) in [4.78, 5) is 45.6. The summed E-state index contributed by atoms with van der Waals surface area (Å²) >= 11 is 1.32. The number of ketones is 1. The summed E-state index contributed by atoms with van der Waals surface area (Å²) in [6, 6.07) is 13.6. The third-order valence-corrected chi connectivity index (χ3v) is 7.18. The monoisotopic (exact) mass is 499 g/mol. The van der Waals surface area contributed by atoms with Crippen molar-refractivity contribution in [2.45, 2.75) is 25.2 Å². The van der Waals surface area contributed by atoms with Gasteiger partial charge in [-0.2, -0.15) is 0 Å². The molecule has 1 fully saturated rings. The van der Waals surface area contributed by atoms with Crippen molar-refractivity contribution in [1.29, 1.82) is 0 Å². The average Bonchev–Trinajstić information content (AvgIpc) is 3.39. The quantitative estimate of drug-likeness (QED) is 0.378. The zero-order chi connectivity index (χ0) is 25.3. The van der Waals surface area contributed by atoms with E-state index in [9.17, 15) is 14.4 Å². The van der Waals surface area contributed by atoms with E-state index < -0.39 is 5.41 Å². The number of aryl methyl sites for hydroxylation is 1. The predicted octanol–water partition coefficient (Wildman–Crippen LogP) is 4.20. The molecule has 2 amide bonds. The SMILES string of the molecule is CC(=O)C1(c2cc(-c3cccc(-c4csc(NC(=O)CNC(=O)c5ccn(C)c5)n4)c3)ccn2)CC1. The number of anilines is 1. The molecule has 1 saturated carbocycles. The highest BCUT2D eigenvalue weighted by molar-refractivity contribution is 7.14. The van der Waals surface area contributed by atoms with E-state index in [1.807, 2.05) is 48.8 Å². The first-order valence-corrected chi connectivity index (χ1v) is 12.5. The van der Waals surface area contributed by atoms with Crippen LogP contribution in [0.25, 0.3) is 22.4 Å². The minimum Gasteiger partial charge on any atom is -0.356 e. The van der Waals surface area contributed by atoms with E-state index in [0.717, 1.165) is 40.9 Å². The van der Waals surface area contributed by atoms with Gasteiger partial charge in [0.2, 0.25) is 5.91 Å². The lowest BCUT2D eigenvalue weighted by Crippen LogP contribution is -2.32. The molecule has 2 N–H and O–H groups in total. The summed E-state index contributed by atoms with van der Waals surface area (Å²) < 4.78 is 1.77. The van der Waals surface area contributed by atoms with Crippen LogP contribution >= 0.6 is 11.3 Å². The van der Waals surface area contributed by atoms with Gasteiger partial charge < -0.3 is 15.2 Å². The van der Waals surface area contributed by atoms with Gasteiger partial charge in [-0.05, 0) is 55.2 Å². The van der Waals surface area contributed by atoms with E-state index in [2.05, 4.69) is 20.6 Å². The van der Waals surface area contributed by atoms with Gasteiger partial charge in [0, 0.05) is 36.6 Å². The van der Waals surface area contributed by atoms with Crippen LogP contribution in [-0.2, 0) is 22.1 Å². The molecule has 8 nitrogen and oxygen atoms in total. The molecule has 9 heteroatoms. The van der Waals surface area contributed by atoms with Gasteiger partial charge in [-0.25, -0.2) is 4.98 Å². The zero-order valence-electron chi connectivity index (χ0n) is 19.9. The molecule has 0 atom stereocenters. The van der Waals surface area contributed by atoms with E-state index in [-0.39, 0.29) is 24.1 Å². The van der Waals surface area contributed by atoms with Gasteiger partial charge in [0.05, 0.1) is 28.9 Å². The maximum absolute atomic E-state index is 12.3. The van der Waals surface area contributed by atoms with Gasteiger partial charge in [-0.1, -0.05) is 18.2 Å². The number of hydrogen-bond donors (Lipinski definition) is 2. The Morgan fingerprint density at radius 1 is 1.08 bits per heavy atom. The molecule has 36 heavy (non-hydrogen) atoms. The molecule has 0 unspecified atom stereocenters. The topological polar surface area (TPSA) is 106 Å². The van der Waals surface area contributed by atoms with Crippen molar-refractivity contribution in [2.24, 2.45) is 7.05 Å². The largest absolute Gasteiger partial charge is 0.356 e. The molecule has 0 radical (unpaired) electrons. The fourth-order valence-corrected chi connectivity index (χ4v) is 4.91. The number of nitrogens with one attached hydrogen (secondary N) is 2. The number of nitrogens with zero attached hydrogens (tertiary/aromatic N) is 3. The Morgan fingerprint density at radius 3 is 2.58 bits per heavy atom. The highest BCUT2D eigenvalue weighted by Gasteiger charge is 2.50. The molecule has 5 rings (SSSR count). The Labute approximate surface area is 212 Å². The Balaban J connectivity index is 1.26. The number of rotatable bonds is 8. The Bertz CT molecular complexity index is 1470. The van der Waals surface area contributed by atoms with Crippen molar-refractivity contribution >= 4 is 34.1 Å². The van der Waals surface area contributed by atoms with Crippen LogP contribution in [0.3, 0.4) is 0 Å². The van der Waals surface area contributed by atoms with Crippen molar-refractivity contribution in [3.8, 4) is 22.4 Å². The minimum atomic E-state index is -0.420. The molecule has 0 aliphatic heterocycles. The molecule has 182 valence electrons. The molecular weight excluding hydrogens is 474 g/mol. The van der Waals surface area contributed by atoms with E-state index in [0.29, 0.717) is 10.7 Å². The van der Waals surface area contributed by atoms with E-state index in [1.54, 1.807) is 36.1 Å².